The molecule has 0 spiro atoms. The van der Waals surface area contributed by atoms with Crippen molar-refractivity contribution in [3.8, 4) is 11.4 Å². The van der Waals surface area contributed by atoms with E-state index in [2.05, 4.69) is 21.8 Å². The normalized spacial score (nSPS) is 17.5. The molecule has 0 aliphatic carbocycles. The zero-order chi connectivity index (χ0) is 18.1. The molecule has 4 heterocycles. The van der Waals surface area contributed by atoms with Gasteiger partial charge in [-0.05, 0) is 38.1 Å². The van der Waals surface area contributed by atoms with Gasteiger partial charge in [-0.25, -0.2) is 9.97 Å². The molecule has 1 saturated heterocycles. The fourth-order valence-corrected chi connectivity index (χ4v) is 4.17. The van der Waals surface area contributed by atoms with E-state index in [9.17, 15) is 0 Å². The highest BCUT2D eigenvalue weighted by molar-refractivity contribution is 7.16. The zero-order valence-electron chi connectivity index (χ0n) is 14.6. The fourth-order valence-electron chi connectivity index (χ4n) is 3.07. The summed E-state index contributed by atoms with van der Waals surface area (Å²) in [7, 11) is 0. The predicted molar refractivity (Wildman–Crippen MR) is 105 cm³/mol. The Morgan fingerprint density at radius 3 is 2.69 bits per heavy atom. The van der Waals surface area contributed by atoms with E-state index in [-0.39, 0.29) is 6.10 Å². The van der Waals surface area contributed by atoms with Crippen molar-refractivity contribution in [2.45, 2.75) is 20.0 Å². The quantitative estimate of drug-likeness (QED) is 0.665. The lowest BCUT2D eigenvalue weighted by molar-refractivity contribution is 0.0418. The largest absolute Gasteiger partial charge is 0.369 e. The molecule has 7 heteroatoms. The van der Waals surface area contributed by atoms with Gasteiger partial charge in [-0.1, -0.05) is 11.6 Å². The molecule has 4 rings (SSSR count). The maximum atomic E-state index is 6.09. The van der Waals surface area contributed by atoms with Crippen molar-refractivity contribution in [1.82, 2.24) is 15.0 Å². The molecular formula is C19H19ClN4OS. The Kier molecular flexibility index (Phi) is 4.89. The molecule has 0 bridgehead atoms. The minimum atomic E-state index is 0.0142. The monoisotopic (exact) mass is 386 g/mol. The maximum absolute atomic E-state index is 6.09. The first-order valence-electron chi connectivity index (χ1n) is 8.49. The van der Waals surface area contributed by atoms with Crippen LogP contribution in [0.5, 0.6) is 0 Å². The first-order valence-corrected chi connectivity index (χ1v) is 9.68. The highest BCUT2D eigenvalue weighted by atomic mass is 35.5. The Hall–Kier alpha value is -2.02. The van der Waals surface area contributed by atoms with E-state index in [1.165, 1.54) is 0 Å². The number of morpholine rings is 1. The van der Waals surface area contributed by atoms with Gasteiger partial charge < -0.3 is 9.64 Å². The molecule has 0 amide bonds. The van der Waals surface area contributed by atoms with E-state index in [1.54, 1.807) is 23.7 Å². The number of halogens is 1. The Morgan fingerprint density at radius 2 is 1.96 bits per heavy atom. The summed E-state index contributed by atoms with van der Waals surface area (Å²) in [5.74, 6) is 1.70. The topological polar surface area (TPSA) is 51.1 Å². The smallest absolute Gasteiger partial charge is 0.161 e. The molecule has 1 aliphatic heterocycles. The van der Waals surface area contributed by atoms with Crippen LogP contribution in [0.3, 0.4) is 0 Å². The highest BCUT2D eigenvalue weighted by Crippen LogP contribution is 2.33. The molecule has 1 fully saturated rings. The van der Waals surface area contributed by atoms with Crippen LogP contribution in [0.4, 0.5) is 5.82 Å². The summed E-state index contributed by atoms with van der Waals surface area (Å²) in [6, 6.07) is 7.83. The van der Waals surface area contributed by atoms with Crippen LogP contribution in [0.15, 0.2) is 36.7 Å². The number of hydrogen-bond acceptors (Lipinski definition) is 6. The third-order valence-electron chi connectivity index (χ3n) is 4.58. The van der Waals surface area contributed by atoms with Gasteiger partial charge in [0.15, 0.2) is 5.82 Å². The van der Waals surface area contributed by atoms with Crippen LogP contribution in [0, 0.1) is 13.8 Å². The van der Waals surface area contributed by atoms with Gasteiger partial charge in [-0.15, -0.1) is 11.3 Å². The number of anilines is 1. The lowest BCUT2D eigenvalue weighted by Gasteiger charge is -2.34. The Balaban J connectivity index is 1.67. The van der Waals surface area contributed by atoms with E-state index < -0.39 is 0 Å². The number of hydrogen-bond donors (Lipinski definition) is 0. The first-order chi connectivity index (χ1) is 12.6. The van der Waals surface area contributed by atoms with Gasteiger partial charge in [-0.2, -0.15) is 0 Å². The second-order valence-corrected chi connectivity index (χ2v) is 8.01. The van der Waals surface area contributed by atoms with Crippen LogP contribution in [0.25, 0.3) is 11.4 Å². The molecule has 26 heavy (non-hydrogen) atoms. The standard InChI is InChI=1S/C19H19ClN4OS/c1-12-13(2)22-18(14-5-7-21-8-6-14)23-19(12)24-9-10-25-15(11-24)16-3-4-17(20)26-16/h3-8,15H,9-11H2,1-2H3/t15-/m0/s1. The molecular weight excluding hydrogens is 368 g/mol. The molecule has 1 aliphatic rings. The van der Waals surface area contributed by atoms with Crippen molar-refractivity contribution in [1.29, 1.82) is 0 Å². The average molecular weight is 387 g/mol. The Morgan fingerprint density at radius 1 is 1.15 bits per heavy atom. The third kappa shape index (κ3) is 3.45. The van der Waals surface area contributed by atoms with Gasteiger partial charge in [0.2, 0.25) is 0 Å². The van der Waals surface area contributed by atoms with E-state index >= 15 is 0 Å². The van der Waals surface area contributed by atoms with Crippen molar-refractivity contribution in [2.75, 3.05) is 24.6 Å². The van der Waals surface area contributed by atoms with E-state index in [0.29, 0.717) is 6.61 Å². The number of rotatable bonds is 3. The number of pyridine rings is 1. The lowest BCUT2D eigenvalue weighted by Crippen LogP contribution is -2.39. The average Bonchev–Trinajstić information content (AvgIpc) is 3.11. The minimum Gasteiger partial charge on any atom is -0.369 e. The van der Waals surface area contributed by atoms with Crippen LogP contribution >= 0.6 is 22.9 Å². The molecule has 5 nitrogen and oxygen atoms in total. The summed E-state index contributed by atoms with van der Waals surface area (Å²) in [4.78, 5) is 17.1. The fraction of sp³-hybridized carbons (Fsp3) is 0.316. The summed E-state index contributed by atoms with van der Waals surface area (Å²) >= 11 is 7.66. The number of aryl methyl sites for hydroxylation is 1. The van der Waals surface area contributed by atoms with Crippen molar-refractivity contribution in [3.63, 3.8) is 0 Å². The molecule has 0 saturated carbocycles. The molecule has 134 valence electrons. The molecule has 0 radical (unpaired) electrons. The van der Waals surface area contributed by atoms with Crippen molar-refractivity contribution in [2.24, 2.45) is 0 Å². The summed E-state index contributed by atoms with van der Waals surface area (Å²) in [5.41, 5.74) is 3.07. The SMILES string of the molecule is Cc1nc(-c2ccncc2)nc(N2CCO[C@H](c3ccc(Cl)s3)C2)c1C. The van der Waals surface area contributed by atoms with Gasteiger partial charge in [0.25, 0.3) is 0 Å². The minimum absolute atomic E-state index is 0.0142. The number of aromatic nitrogens is 3. The first kappa shape index (κ1) is 17.4. The van der Waals surface area contributed by atoms with Crippen LogP contribution in [-0.2, 0) is 4.74 Å². The predicted octanol–water partition coefficient (Wildman–Crippen LogP) is 4.45. The maximum Gasteiger partial charge on any atom is 0.161 e. The van der Waals surface area contributed by atoms with Gasteiger partial charge in [-0.3, -0.25) is 4.98 Å². The number of thiophene rings is 1. The van der Waals surface area contributed by atoms with Gasteiger partial charge in [0.05, 0.1) is 17.5 Å². The molecule has 1 atom stereocenters. The van der Waals surface area contributed by atoms with E-state index in [4.69, 9.17) is 21.3 Å². The van der Waals surface area contributed by atoms with E-state index in [0.717, 1.165) is 50.8 Å². The van der Waals surface area contributed by atoms with Crippen molar-refractivity contribution < 1.29 is 4.74 Å². The second-order valence-electron chi connectivity index (χ2n) is 6.26. The highest BCUT2D eigenvalue weighted by Gasteiger charge is 2.26. The third-order valence-corrected chi connectivity index (χ3v) is 5.90. The summed E-state index contributed by atoms with van der Waals surface area (Å²) in [6.45, 7) is 6.33. The van der Waals surface area contributed by atoms with Crippen LogP contribution in [0.2, 0.25) is 4.34 Å². The molecule has 3 aromatic rings. The summed E-state index contributed by atoms with van der Waals surface area (Å²) in [6.07, 6.45) is 3.54. The number of ether oxygens (including phenoxy) is 1. The van der Waals surface area contributed by atoms with Gasteiger partial charge in [0.1, 0.15) is 11.9 Å². The van der Waals surface area contributed by atoms with Crippen molar-refractivity contribution in [3.05, 3.63) is 57.1 Å². The van der Waals surface area contributed by atoms with Crippen LogP contribution in [0.1, 0.15) is 22.2 Å². The summed E-state index contributed by atoms with van der Waals surface area (Å²) < 4.78 is 6.76. The second kappa shape index (κ2) is 7.31. The zero-order valence-corrected chi connectivity index (χ0v) is 16.2. The molecule has 0 aromatic carbocycles. The number of nitrogens with zero attached hydrogens (tertiary/aromatic N) is 4. The summed E-state index contributed by atoms with van der Waals surface area (Å²) in [5, 5.41) is 0. The van der Waals surface area contributed by atoms with Crippen molar-refractivity contribution >= 4 is 28.8 Å². The Labute approximate surface area is 161 Å². The molecule has 0 N–H and O–H groups in total. The van der Waals surface area contributed by atoms with Crippen LogP contribution < -0.4 is 4.90 Å². The van der Waals surface area contributed by atoms with Gasteiger partial charge in [0, 0.05) is 40.6 Å². The van der Waals surface area contributed by atoms with Gasteiger partial charge >= 0.3 is 0 Å². The molecule has 0 unspecified atom stereocenters. The Bertz CT molecular complexity index is 915. The van der Waals surface area contributed by atoms with E-state index in [1.807, 2.05) is 31.2 Å². The lowest BCUT2D eigenvalue weighted by atomic mass is 10.1. The molecule has 3 aromatic heterocycles. The van der Waals surface area contributed by atoms with Crippen LogP contribution in [-0.4, -0.2) is 34.6 Å².